The van der Waals surface area contributed by atoms with Gasteiger partial charge in [-0.05, 0) is 68.3 Å². The zero-order valence-corrected chi connectivity index (χ0v) is 28.5. The molecule has 0 spiro atoms. The van der Waals surface area contributed by atoms with Gasteiger partial charge in [-0.15, -0.1) is 0 Å². The van der Waals surface area contributed by atoms with Crippen LogP contribution in [0.4, 0.5) is 5.69 Å². The van der Waals surface area contributed by atoms with Crippen molar-refractivity contribution >= 4 is 43.3 Å². The van der Waals surface area contributed by atoms with E-state index >= 15 is 0 Å². The fourth-order valence-electron chi connectivity index (χ4n) is 4.27. The summed E-state index contributed by atoms with van der Waals surface area (Å²) in [5.41, 5.74) is 5.57. The first kappa shape index (κ1) is 40.1. The lowest BCUT2D eigenvalue weighted by Crippen LogP contribution is -2.37. The van der Waals surface area contributed by atoms with Gasteiger partial charge in [0.15, 0.2) is 0 Å². The number of amides is 1. The predicted octanol–water partition coefficient (Wildman–Crippen LogP) is 6.43. The van der Waals surface area contributed by atoms with E-state index in [1.807, 2.05) is 37.3 Å². The number of carbonyl (C=O) groups is 2. The minimum absolute atomic E-state index is 0.150. The largest absolute Gasteiger partial charge is 0.462 e. The van der Waals surface area contributed by atoms with Crippen LogP contribution in [0.1, 0.15) is 74.9 Å². The van der Waals surface area contributed by atoms with Gasteiger partial charge in [0.2, 0.25) is 5.91 Å². The van der Waals surface area contributed by atoms with Crippen LogP contribution in [0, 0.1) is 18.3 Å². The first-order valence-corrected chi connectivity index (χ1v) is 16.0. The van der Waals surface area contributed by atoms with Gasteiger partial charge < -0.3 is 25.5 Å². The molecule has 1 saturated heterocycles. The zero-order valence-electron chi connectivity index (χ0n) is 28.5. The summed E-state index contributed by atoms with van der Waals surface area (Å²) in [6.45, 7) is 21.5. The molecule has 0 unspecified atom stereocenters. The third-order valence-electron chi connectivity index (χ3n) is 6.58. The maximum atomic E-state index is 12.7. The van der Waals surface area contributed by atoms with Gasteiger partial charge in [-0.25, -0.2) is 4.79 Å². The van der Waals surface area contributed by atoms with E-state index in [0.717, 1.165) is 86.0 Å². The van der Waals surface area contributed by atoms with Crippen molar-refractivity contribution in [2.24, 2.45) is 5.92 Å². The van der Waals surface area contributed by atoms with Crippen molar-refractivity contribution in [1.82, 2.24) is 10.2 Å². The number of hydrogen-bond donors (Lipinski definition) is 3. The number of hydrogen-bond acceptors (Lipinski definition) is 7. The van der Waals surface area contributed by atoms with Gasteiger partial charge in [0.05, 0.1) is 25.4 Å². The second kappa shape index (κ2) is 23.4. The van der Waals surface area contributed by atoms with Crippen LogP contribution in [0.2, 0.25) is 0 Å². The SMILES string of the molecule is C=N.CC(C)C.[B]c1cc(/C(=C/C=C)N/C(=C\CC(=O)Nc2ccc(C(=O)OCCCN3CCOCC3)cc2)CCC)ccc1C. The Bertz CT molecular complexity index is 1270. The van der Waals surface area contributed by atoms with E-state index in [9.17, 15) is 9.59 Å². The first-order chi connectivity index (χ1) is 22.1. The predicted molar refractivity (Wildman–Crippen MR) is 193 cm³/mol. The third-order valence-corrected chi connectivity index (χ3v) is 6.58. The van der Waals surface area contributed by atoms with Gasteiger partial charge in [-0.2, -0.15) is 0 Å². The number of morpholine rings is 1. The van der Waals surface area contributed by atoms with Gasteiger partial charge >= 0.3 is 5.97 Å². The van der Waals surface area contributed by atoms with Crippen molar-refractivity contribution in [3.63, 3.8) is 0 Å². The number of anilines is 1. The first-order valence-electron chi connectivity index (χ1n) is 16.0. The van der Waals surface area contributed by atoms with E-state index in [2.05, 4.69) is 56.5 Å². The number of aryl methyl sites for hydroxylation is 1. The molecule has 0 bridgehead atoms. The molecule has 2 aromatic carbocycles. The van der Waals surface area contributed by atoms with Crippen molar-refractivity contribution in [2.75, 3.05) is 44.8 Å². The smallest absolute Gasteiger partial charge is 0.338 e. The molecule has 0 saturated carbocycles. The molecule has 3 N–H and O–H groups in total. The summed E-state index contributed by atoms with van der Waals surface area (Å²) < 4.78 is 10.7. The second-order valence-corrected chi connectivity index (χ2v) is 11.5. The van der Waals surface area contributed by atoms with Crippen molar-refractivity contribution < 1.29 is 19.1 Å². The fourth-order valence-corrected chi connectivity index (χ4v) is 4.27. The van der Waals surface area contributed by atoms with Crippen molar-refractivity contribution in [3.8, 4) is 0 Å². The van der Waals surface area contributed by atoms with Crippen LogP contribution in [0.3, 0.4) is 0 Å². The van der Waals surface area contributed by atoms with Crippen LogP contribution in [0.25, 0.3) is 5.70 Å². The number of nitrogens with one attached hydrogen (secondary N) is 3. The Kier molecular flexibility index (Phi) is 20.4. The molecule has 248 valence electrons. The summed E-state index contributed by atoms with van der Waals surface area (Å²) in [6.07, 6.45) is 8.20. The lowest BCUT2D eigenvalue weighted by Gasteiger charge is -2.26. The number of esters is 1. The van der Waals surface area contributed by atoms with Crippen molar-refractivity contribution in [1.29, 1.82) is 5.41 Å². The Morgan fingerprint density at radius 3 is 2.30 bits per heavy atom. The highest BCUT2D eigenvalue weighted by atomic mass is 16.5. The average molecular weight is 629 g/mol. The minimum atomic E-state index is -0.364. The number of rotatable bonds is 14. The molecule has 1 aliphatic rings. The van der Waals surface area contributed by atoms with E-state index in [-0.39, 0.29) is 18.3 Å². The zero-order chi connectivity index (χ0) is 34.3. The van der Waals surface area contributed by atoms with Gasteiger partial charge in [0.1, 0.15) is 7.85 Å². The fraction of sp³-hybridized carbons (Fsp3) is 0.432. The van der Waals surface area contributed by atoms with Gasteiger partial charge in [-0.3, -0.25) is 9.69 Å². The summed E-state index contributed by atoms with van der Waals surface area (Å²) in [6, 6.07) is 12.7. The molecular weight excluding hydrogens is 575 g/mol. The maximum Gasteiger partial charge on any atom is 0.338 e. The molecule has 8 nitrogen and oxygen atoms in total. The monoisotopic (exact) mass is 628 g/mol. The van der Waals surface area contributed by atoms with Crippen LogP contribution < -0.4 is 16.1 Å². The van der Waals surface area contributed by atoms with Crippen LogP contribution in [0.15, 0.2) is 73.0 Å². The quantitative estimate of drug-likeness (QED) is 0.0733. The Morgan fingerprint density at radius 2 is 1.72 bits per heavy atom. The minimum Gasteiger partial charge on any atom is -0.462 e. The van der Waals surface area contributed by atoms with Crippen LogP contribution in [-0.4, -0.2) is 70.8 Å². The average Bonchev–Trinajstić information content (AvgIpc) is 3.04. The summed E-state index contributed by atoms with van der Waals surface area (Å²) in [4.78, 5) is 27.3. The van der Waals surface area contributed by atoms with E-state index < -0.39 is 0 Å². The molecule has 0 aromatic heterocycles. The summed E-state index contributed by atoms with van der Waals surface area (Å²) in [5, 5.41) is 11.8. The second-order valence-electron chi connectivity index (χ2n) is 11.5. The number of nitrogens with zero attached hydrogens (tertiary/aromatic N) is 1. The van der Waals surface area contributed by atoms with E-state index in [0.29, 0.717) is 17.9 Å². The molecule has 0 atom stereocenters. The highest BCUT2D eigenvalue weighted by molar-refractivity contribution is 6.33. The summed E-state index contributed by atoms with van der Waals surface area (Å²) in [5.74, 6) is 0.319. The van der Waals surface area contributed by atoms with Gasteiger partial charge in [-0.1, -0.05) is 82.1 Å². The summed E-state index contributed by atoms with van der Waals surface area (Å²) >= 11 is 0. The number of benzene rings is 2. The Labute approximate surface area is 278 Å². The molecule has 1 amide bonds. The van der Waals surface area contributed by atoms with E-state index in [4.69, 9.17) is 22.7 Å². The maximum absolute atomic E-state index is 12.7. The van der Waals surface area contributed by atoms with Crippen LogP contribution >= 0.6 is 0 Å². The number of carbonyl (C=O) groups excluding carboxylic acids is 2. The van der Waals surface area contributed by atoms with E-state index in [1.165, 1.54) is 0 Å². The van der Waals surface area contributed by atoms with Crippen LogP contribution in [0.5, 0.6) is 0 Å². The Morgan fingerprint density at radius 1 is 1.09 bits per heavy atom. The molecular formula is C37H53BN4O4. The van der Waals surface area contributed by atoms with Crippen molar-refractivity contribution in [3.05, 3.63) is 89.7 Å². The standard InChI is InChI=1S/C32H40BN3O4.C4H10.CH3N/c1-4-7-27(34-30(8-5-2)26-10-9-24(3)29(33)23-26)15-16-31(37)35-28-13-11-25(12-14-28)32(38)40-20-6-17-36-18-21-39-22-19-36;1-4(2)3;1-2/h5,8-15,23,34H,2,4,6-7,16-22H2,1,3H3,(H,35,37);4H,1-3H3;2H,1H2/b27-15-,30-8-;;. The summed E-state index contributed by atoms with van der Waals surface area (Å²) in [7, 11) is 6.12. The van der Waals surface area contributed by atoms with Gasteiger partial charge in [0, 0.05) is 43.1 Å². The Hall–Kier alpha value is -3.95. The molecule has 1 fully saturated rings. The highest BCUT2D eigenvalue weighted by Crippen LogP contribution is 2.17. The normalized spacial score (nSPS) is 13.4. The molecule has 1 heterocycles. The Balaban J connectivity index is 0.00000163. The molecule has 9 heteroatoms. The molecule has 3 rings (SSSR count). The molecule has 2 aromatic rings. The molecule has 46 heavy (non-hydrogen) atoms. The molecule has 2 radical (unpaired) electrons. The topological polar surface area (TPSA) is 104 Å². The number of ether oxygens (including phenoxy) is 2. The lowest BCUT2D eigenvalue weighted by atomic mass is 9.89. The van der Waals surface area contributed by atoms with Crippen molar-refractivity contribution in [2.45, 2.75) is 60.3 Å². The molecule has 0 aliphatic carbocycles. The highest BCUT2D eigenvalue weighted by Gasteiger charge is 2.12. The lowest BCUT2D eigenvalue weighted by molar-refractivity contribution is -0.115. The van der Waals surface area contributed by atoms with Crippen LogP contribution in [-0.2, 0) is 14.3 Å². The molecule has 1 aliphatic heterocycles. The third kappa shape index (κ3) is 16.4. The number of allylic oxidation sites excluding steroid dienone is 3. The van der Waals surface area contributed by atoms with E-state index in [1.54, 1.807) is 30.3 Å². The van der Waals surface area contributed by atoms with Gasteiger partial charge in [0.25, 0.3) is 0 Å².